The monoisotopic (exact) mass is 1320 g/mol. The second-order valence-electron chi connectivity index (χ2n) is 26.7. The molecule has 6 aromatic heterocycles. The molecule has 22 aromatic rings. The molecule has 0 unspecified atom stereocenters. The standard InChI is InChI=1S/C48H30N2O.C48H30N2S/c1-2-11-31(12-3-1)32-21-25-35(26-22-32)49-41-16-7-4-13-36(41)39-29-33(23-27-43(39)49)34-24-28-44-40(30-34)37-14-5-8-17-42(37)50(44)45-18-10-20-47-48(45)38-15-6-9-19-46(38)51-47;1-2-10-31(11-3-1)32-18-22-35(23-19-32)49-43-15-7-4-12-37(43)40-28-33(20-25-45(40)49)34-21-26-46-41(29-34)38-13-5-8-16-44(38)50(46)36-24-27-48-42(30-36)39-14-6-9-17-47(39)51-48/h2*1-30H. The van der Waals surface area contributed by atoms with Crippen LogP contribution in [0.2, 0.25) is 0 Å². The van der Waals surface area contributed by atoms with Gasteiger partial charge in [0.1, 0.15) is 11.2 Å². The van der Waals surface area contributed by atoms with E-state index in [0.29, 0.717) is 0 Å². The first-order valence-corrected chi connectivity index (χ1v) is 35.7. The first-order valence-electron chi connectivity index (χ1n) is 34.9. The number of furan rings is 1. The highest BCUT2D eigenvalue weighted by Gasteiger charge is 2.22. The van der Waals surface area contributed by atoms with Gasteiger partial charge in [-0.05, 0) is 184 Å². The minimum atomic E-state index is 0.899. The molecule has 0 atom stereocenters. The highest BCUT2D eigenvalue weighted by Crippen LogP contribution is 2.44. The van der Waals surface area contributed by atoms with Gasteiger partial charge in [-0.1, -0.05) is 224 Å². The molecule has 102 heavy (non-hydrogen) atoms. The molecule has 0 aliphatic heterocycles. The van der Waals surface area contributed by atoms with Crippen molar-refractivity contribution in [1.82, 2.24) is 18.3 Å². The Morgan fingerprint density at radius 2 is 0.520 bits per heavy atom. The summed E-state index contributed by atoms with van der Waals surface area (Å²) >= 11 is 1.86. The third-order valence-corrected chi connectivity index (χ3v) is 22.2. The number of hydrogen-bond acceptors (Lipinski definition) is 2. The number of hydrogen-bond donors (Lipinski definition) is 0. The first kappa shape index (κ1) is 57.8. The number of benzene rings is 16. The fourth-order valence-electron chi connectivity index (χ4n) is 16.4. The molecule has 0 aliphatic rings. The maximum Gasteiger partial charge on any atom is 0.137 e. The number of rotatable bonds is 8. The number of nitrogens with zero attached hydrogens (tertiary/aromatic N) is 4. The third-order valence-electron chi connectivity index (χ3n) is 21.1. The number of fused-ring (bicyclic) bond motifs is 18. The molecule has 16 aromatic carbocycles. The molecule has 476 valence electrons. The topological polar surface area (TPSA) is 32.9 Å². The quantitative estimate of drug-likeness (QED) is 0.149. The lowest BCUT2D eigenvalue weighted by Gasteiger charge is -2.11. The number of aromatic nitrogens is 4. The molecular formula is C96H60N4OS. The van der Waals surface area contributed by atoms with Crippen molar-refractivity contribution in [2.75, 3.05) is 0 Å². The van der Waals surface area contributed by atoms with Gasteiger partial charge in [0.05, 0.1) is 55.2 Å². The van der Waals surface area contributed by atoms with Crippen LogP contribution in [0.3, 0.4) is 0 Å². The van der Waals surface area contributed by atoms with E-state index in [9.17, 15) is 0 Å². The summed E-state index contributed by atoms with van der Waals surface area (Å²) in [6, 6.07) is 132. The Bertz CT molecular complexity index is 7100. The zero-order valence-corrected chi connectivity index (χ0v) is 56.1. The summed E-state index contributed by atoms with van der Waals surface area (Å²) in [6.45, 7) is 0. The SMILES string of the molecule is c1ccc(-c2ccc(-n3c4ccccc4c4cc(-c5ccc6c(c5)c5ccccc5n6-c5ccc6sc7ccccc7c6c5)ccc43)cc2)cc1.c1ccc(-c2ccc(-n3c4ccccc4c4cc(-c5ccc6c(c5)c5ccccc5n6-c5cccc6oc7ccccc7c56)ccc43)cc2)cc1. The van der Waals surface area contributed by atoms with E-state index in [1.807, 2.05) is 23.5 Å². The van der Waals surface area contributed by atoms with Crippen molar-refractivity contribution >= 4 is 141 Å². The summed E-state index contributed by atoms with van der Waals surface area (Å²) in [5, 5.41) is 14.9. The van der Waals surface area contributed by atoms with Crippen molar-refractivity contribution in [3.8, 4) is 67.3 Å². The predicted molar refractivity (Wildman–Crippen MR) is 432 cm³/mol. The molecule has 0 amide bonds. The van der Waals surface area contributed by atoms with Gasteiger partial charge in [-0.15, -0.1) is 11.3 Å². The first-order chi connectivity index (χ1) is 50.6. The van der Waals surface area contributed by atoms with Crippen molar-refractivity contribution in [3.63, 3.8) is 0 Å². The van der Waals surface area contributed by atoms with Gasteiger partial charge in [0.15, 0.2) is 0 Å². The van der Waals surface area contributed by atoms with E-state index in [0.717, 1.165) is 39.0 Å². The van der Waals surface area contributed by atoms with Gasteiger partial charge in [-0.3, -0.25) is 0 Å². The van der Waals surface area contributed by atoms with Crippen LogP contribution in [0.15, 0.2) is 368 Å². The lowest BCUT2D eigenvalue weighted by molar-refractivity contribution is 0.669. The molecule has 0 spiro atoms. The summed E-state index contributed by atoms with van der Waals surface area (Å²) in [5.74, 6) is 0. The summed E-state index contributed by atoms with van der Waals surface area (Å²) in [7, 11) is 0. The average molecular weight is 1320 g/mol. The van der Waals surface area contributed by atoms with Crippen molar-refractivity contribution in [3.05, 3.63) is 364 Å². The van der Waals surface area contributed by atoms with E-state index < -0.39 is 0 Å². The fourth-order valence-corrected chi connectivity index (χ4v) is 17.5. The van der Waals surface area contributed by atoms with Crippen LogP contribution in [0.4, 0.5) is 0 Å². The zero-order chi connectivity index (χ0) is 66.9. The van der Waals surface area contributed by atoms with Gasteiger partial charge >= 0.3 is 0 Å². The van der Waals surface area contributed by atoms with Gasteiger partial charge < -0.3 is 22.7 Å². The van der Waals surface area contributed by atoms with Crippen molar-refractivity contribution in [2.24, 2.45) is 0 Å². The maximum absolute atomic E-state index is 6.30. The minimum Gasteiger partial charge on any atom is -0.456 e. The highest BCUT2D eigenvalue weighted by atomic mass is 32.1. The summed E-state index contributed by atoms with van der Waals surface area (Å²) < 4.78 is 18.6. The number of thiophene rings is 1. The summed E-state index contributed by atoms with van der Waals surface area (Å²) in [5.41, 5.74) is 25.8. The van der Waals surface area contributed by atoms with Crippen LogP contribution in [0.1, 0.15) is 0 Å². The Labute approximate surface area is 590 Å². The molecular weight excluding hydrogens is 1260 g/mol. The molecule has 22 rings (SSSR count). The Kier molecular flexibility index (Phi) is 13.1. The van der Waals surface area contributed by atoms with E-state index in [2.05, 4.69) is 370 Å². The zero-order valence-electron chi connectivity index (χ0n) is 55.2. The van der Waals surface area contributed by atoms with Gasteiger partial charge in [0, 0.05) is 85.7 Å². The lowest BCUT2D eigenvalue weighted by Crippen LogP contribution is -1.94. The van der Waals surface area contributed by atoms with Gasteiger partial charge in [0.25, 0.3) is 0 Å². The molecule has 6 heteroatoms. The second-order valence-corrected chi connectivity index (χ2v) is 27.8. The molecule has 0 aliphatic carbocycles. The van der Waals surface area contributed by atoms with Gasteiger partial charge in [0.2, 0.25) is 0 Å². The molecule has 0 bridgehead atoms. The van der Waals surface area contributed by atoms with Crippen LogP contribution in [0.5, 0.6) is 0 Å². The van der Waals surface area contributed by atoms with Crippen molar-refractivity contribution in [2.45, 2.75) is 0 Å². The van der Waals surface area contributed by atoms with Crippen LogP contribution in [-0.2, 0) is 0 Å². The van der Waals surface area contributed by atoms with Crippen LogP contribution in [-0.4, -0.2) is 18.3 Å². The largest absolute Gasteiger partial charge is 0.456 e. The Morgan fingerprint density at radius 3 is 1.00 bits per heavy atom. The van der Waals surface area contributed by atoms with E-state index in [1.165, 1.54) is 158 Å². The molecule has 0 radical (unpaired) electrons. The van der Waals surface area contributed by atoms with E-state index in [4.69, 9.17) is 4.42 Å². The molecule has 6 heterocycles. The van der Waals surface area contributed by atoms with E-state index in [1.54, 1.807) is 0 Å². The van der Waals surface area contributed by atoms with E-state index >= 15 is 0 Å². The third kappa shape index (κ3) is 9.17. The van der Waals surface area contributed by atoms with E-state index in [-0.39, 0.29) is 0 Å². The summed E-state index contributed by atoms with van der Waals surface area (Å²) in [4.78, 5) is 0. The highest BCUT2D eigenvalue weighted by molar-refractivity contribution is 7.25. The molecule has 0 saturated carbocycles. The lowest BCUT2D eigenvalue weighted by atomic mass is 10.0. The number of para-hydroxylation sites is 5. The molecule has 0 N–H and O–H groups in total. The Morgan fingerprint density at radius 1 is 0.186 bits per heavy atom. The fraction of sp³-hybridized carbons (Fsp3) is 0. The van der Waals surface area contributed by atoms with Crippen LogP contribution in [0, 0.1) is 0 Å². The van der Waals surface area contributed by atoms with Crippen LogP contribution in [0.25, 0.3) is 197 Å². The minimum absolute atomic E-state index is 0.899. The normalized spacial score (nSPS) is 11.9. The van der Waals surface area contributed by atoms with Crippen LogP contribution >= 0.6 is 11.3 Å². The smallest absolute Gasteiger partial charge is 0.137 e. The summed E-state index contributed by atoms with van der Waals surface area (Å²) in [6.07, 6.45) is 0. The maximum atomic E-state index is 6.30. The molecule has 0 saturated heterocycles. The molecule has 5 nitrogen and oxygen atoms in total. The Hall–Kier alpha value is -13.3. The Balaban J connectivity index is 0.000000133. The van der Waals surface area contributed by atoms with Gasteiger partial charge in [-0.25, -0.2) is 0 Å². The van der Waals surface area contributed by atoms with Crippen LogP contribution < -0.4 is 0 Å². The second kappa shape index (κ2) is 23.2. The van der Waals surface area contributed by atoms with Gasteiger partial charge in [-0.2, -0.15) is 0 Å². The molecule has 0 fully saturated rings. The van der Waals surface area contributed by atoms with Crippen molar-refractivity contribution < 1.29 is 4.42 Å². The predicted octanol–water partition coefficient (Wildman–Crippen LogP) is 26.7. The van der Waals surface area contributed by atoms with Crippen molar-refractivity contribution in [1.29, 1.82) is 0 Å². The average Bonchev–Trinajstić information content (AvgIpc) is 1.59.